The fourth-order valence-electron chi connectivity index (χ4n) is 3.14. The van der Waals surface area contributed by atoms with Crippen molar-refractivity contribution in [3.05, 3.63) is 53.6 Å². The lowest BCUT2D eigenvalue weighted by atomic mass is 10.0. The summed E-state index contributed by atoms with van der Waals surface area (Å²) < 4.78 is 10.5. The second-order valence-electron chi connectivity index (χ2n) is 6.87. The van der Waals surface area contributed by atoms with Crippen molar-refractivity contribution in [2.24, 2.45) is 5.16 Å². The molecule has 29 heavy (non-hydrogen) atoms. The summed E-state index contributed by atoms with van der Waals surface area (Å²) in [5.74, 6) is 1.20. The minimum atomic E-state index is -0.219. The summed E-state index contributed by atoms with van der Waals surface area (Å²) in [6, 6.07) is 13.2. The average molecular weight is 397 g/mol. The molecule has 0 bridgehead atoms. The molecule has 2 aromatic carbocycles. The lowest BCUT2D eigenvalue weighted by Gasteiger charge is -2.24. The van der Waals surface area contributed by atoms with E-state index < -0.39 is 0 Å². The number of nitrogens with one attached hydrogen (secondary N) is 1. The van der Waals surface area contributed by atoms with Crippen LogP contribution in [0.5, 0.6) is 11.5 Å². The molecule has 2 aromatic rings. The van der Waals surface area contributed by atoms with Gasteiger partial charge in [-0.1, -0.05) is 35.0 Å². The number of rotatable bonds is 7. The van der Waals surface area contributed by atoms with E-state index in [1.54, 1.807) is 37.3 Å². The first-order valence-corrected chi connectivity index (χ1v) is 9.61. The summed E-state index contributed by atoms with van der Waals surface area (Å²) in [7, 11) is 3.14. The Labute approximate surface area is 171 Å². The number of nitrogens with zero attached hydrogens (tertiary/aromatic N) is 2. The van der Waals surface area contributed by atoms with Crippen LogP contribution in [0.25, 0.3) is 0 Å². The number of hydrogen-bond acceptors (Lipinski definition) is 5. The number of hydrogen-bond donors (Lipinski definition) is 1. The molecule has 7 nitrogen and oxygen atoms in total. The van der Waals surface area contributed by atoms with Gasteiger partial charge in [-0.2, -0.15) is 0 Å². The number of oxime groups is 1. The number of ether oxygens (including phenoxy) is 2. The minimum Gasteiger partial charge on any atom is -0.497 e. The van der Waals surface area contributed by atoms with E-state index in [1.165, 1.54) is 5.56 Å². The van der Waals surface area contributed by atoms with Gasteiger partial charge in [0.05, 0.1) is 32.2 Å². The third-order valence-electron chi connectivity index (χ3n) is 4.86. The second kappa shape index (κ2) is 9.32. The molecule has 154 valence electrons. The number of aryl methyl sites for hydroxylation is 1. The number of methoxy groups -OCH3 is 2. The first-order chi connectivity index (χ1) is 14.0. The third-order valence-corrected chi connectivity index (χ3v) is 4.86. The Morgan fingerprint density at radius 3 is 2.62 bits per heavy atom. The zero-order valence-corrected chi connectivity index (χ0v) is 17.3. The first-order valence-electron chi connectivity index (χ1n) is 9.61. The van der Waals surface area contributed by atoms with Crippen LogP contribution >= 0.6 is 0 Å². The standard InChI is InChI=1S/C22H27N3O4/c1-5-25(22(26)23-19-11-10-17(27-3)13-21(19)28-4)14-18-12-20(24-29-18)16-8-6-15(2)7-9-16/h6-11,13,18H,5,12,14H2,1-4H3,(H,23,26). The van der Waals surface area contributed by atoms with Gasteiger partial charge in [-0.3, -0.25) is 0 Å². The molecule has 2 amide bonds. The molecule has 1 heterocycles. The van der Waals surface area contributed by atoms with Crippen LogP contribution in [0, 0.1) is 6.92 Å². The summed E-state index contributed by atoms with van der Waals surface area (Å²) >= 11 is 0. The summed E-state index contributed by atoms with van der Waals surface area (Å²) in [6.07, 6.45) is 0.494. The van der Waals surface area contributed by atoms with E-state index in [-0.39, 0.29) is 12.1 Å². The summed E-state index contributed by atoms with van der Waals surface area (Å²) in [5.41, 5.74) is 3.74. The molecule has 0 saturated carbocycles. The van der Waals surface area contributed by atoms with Crippen molar-refractivity contribution in [1.82, 2.24) is 4.90 Å². The van der Waals surface area contributed by atoms with E-state index >= 15 is 0 Å². The van der Waals surface area contributed by atoms with Crippen molar-refractivity contribution in [3.8, 4) is 11.5 Å². The molecule has 0 spiro atoms. The predicted molar refractivity (Wildman–Crippen MR) is 113 cm³/mol. The molecule has 7 heteroatoms. The maximum atomic E-state index is 12.8. The lowest BCUT2D eigenvalue weighted by Crippen LogP contribution is -2.40. The van der Waals surface area contributed by atoms with Crippen LogP contribution in [-0.2, 0) is 4.84 Å². The van der Waals surface area contributed by atoms with Crippen molar-refractivity contribution in [2.45, 2.75) is 26.4 Å². The maximum absolute atomic E-state index is 12.8. The van der Waals surface area contributed by atoms with Crippen molar-refractivity contribution < 1.29 is 19.1 Å². The van der Waals surface area contributed by atoms with E-state index in [2.05, 4.69) is 29.5 Å². The van der Waals surface area contributed by atoms with Gasteiger partial charge >= 0.3 is 6.03 Å². The number of carbonyl (C=O) groups is 1. The molecule has 0 aliphatic carbocycles. The predicted octanol–water partition coefficient (Wildman–Crippen LogP) is 4.06. The van der Waals surface area contributed by atoms with Gasteiger partial charge in [-0.05, 0) is 31.5 Å². The normalized spacial score (nSPS) is 15.3. The van der Waals surface area contributed by atoms with E-state index in [0.717, 1.165) is 11.3 Å². The largest absolute Gasteiger partial charge is 0.497 e. The molecule has 3 rings (SSSR count). The molecule has 1 N–H and O–H groups in total. The number of anilines is 1. The Balaban J connectivity index is 1.60. The summed E-state index contributed by atoms with van der Waals surface area (Å²) in [5, 5.41) is 7.12. The monoisotopic (exact) mass is 397 g/mol. The Hall–Kier alpha value is -3.22. The SMILES string of the molecule is CCN(CC1CC(c2ccc(C)cc2)=NO1)C(=O)Nc1ccc(OC)cc1OC. The van der Waals surface area contributed by atoms with Crippen LogP contribution in [0.4, 0.5) is 10.5 Å². The molecule has 1 atom stereocenters. The summed E-state index contributed by atoms with van der Waals surface area (Å²) in [4.78, 5) is 20.1. The van der Waals surface area contributed by atoms with Crippen LogP contribution in [0.2, 0.25) is 0 Å². The molecule has 0 fully saturated rings. The number of carbonyl (C=O) groups excluding carboxylic acids is 1. The van der Waals surface area contributed by atoms with E-state index in [9.17, 15) is 4.79 Å². The van der Waals surface area contributed by atoms with Gasteiger partial charge in [0.1, 0.15) is 11.5 Å². The zero-order chi connectivity index (χ0) is 20.8. The van der Waals surface area contributed by atoms with Crippen LogP contribution < -0.4 is 14.8 Å². The Morgan fingerprint density at radius 2 is 1.97 bits per heavy atom. The molecule has 1 aliphatic heterocycles. The molecular formula is C22H27N3O4. The van der Waals surface area contributed by atoms with Gasteiger partial charge in [0.15, 0.2) is 6.10 Å². The van der Waals surface area contributed by atoms with Crippen LogP contribution in [-0.4, -0.2) is 50.1 Å². The highest BCUT2D eigenvalue weighted by atomic mass is 16.6. The molecule has 1 aliphatic rings. The average Bonchev–Trinajstić information content (AvgIpc) is 3.21. The van der Waals surface area contributed by atoms with E-state index in [1.807, 2.05) is 19.1 Å². The zero-order valence-electron chi connectivity index (χ0n) is 17.3. The fraction of sp³-hybridized carbons (Fsp3) is 0.364. The van der Waals surface area contributed by atoms with Crippen LogP contribution in [0.3, 0.4) is 0 Å². The first kappa shape index (κ1) is 20.5. The number of likely N-dealkylation sites (N-methyl/N-ethyl adjacent to an activating group) is 1. The van der Waals surface area contributed by atoms with Crippen molar-refractivity contribution >= 4 is 17.4 Å². The van der Waals surface area contributed by atoms with Crippen molar-refractivity contribution in [1.29, 1.82) is 0 Å². The van der Waals surface area contributed by atoms with Gasteiger partial charge in [0, 0.05) is 19.0 Å². The quantitative estimate of drug-likeness (QED) is 0.765. The van der Waals surface area contributed by atoms with Crippen molar-refractivity contribution in [2.75, 3.05) is 32.6 Å². The molecule has 1 unspecified atom stereocenters. The molecule has 0 saturated heterocycles. The number of urea groups is 1. The highest BCUT2D eigenvalue weighted by Gasteiger charge is 2.26. The molecule has 0 radical (unpaired) electrons. The van der Waals surface area contributed by atoms with Gasteiger partial charge in [0.25, 0.3) is 0 Å². The highest BCUT2D eigenvalue weighted by Crippen LogP contribution is 2.29. The van der Waals surface area contributed by atoms with Gasteiger partial charge < -0.3 is 24.5 Å². The molecule has 0 aromatic heterocycles. The molecular weight excluding hydrogens is 370 g/mol. The van der Waals surface area contributed by atoms with Gasteiger partial charge in [-0.25, -0.2) is 4.79 Å². The van der Waals surface area contributed by atoms with Gasteiger partial charge in [0.2, 0.25) is 0 Å². The fourth-order valence-corrected chi connectivity index (χ4v) is 3.14. The van der Waals surface area contributed by atoms with Gasteiger partial charge in [-0.15, -0.1) is 0 Å². The van der Waals surface area contributed by atoms with Crippen LogP contribution in [0.1, 0.15) is 24.5 Å². The highest BCUT2D eigenvalue weighted by molar-refractivity contribution is 6.01. The minimum absolute atomic E-state index is 0.172. The van der Waals surface area contributed by atoms with E-state index in [0.29, 0.717) is 36.7 Å². The van der Waals surface area contributed by atoms with E-state index in [4.69, 9.17) is 14.3 Å². The second-order valence-corrected chi connectivity index (χ2v) is 6.87. The smallest absolute Gasteiger partial charge is 0.322 e. The maximum Gasteiger partial charge on any atom is 0.322 e. The number of amides is 2. The van der Waals surface area contributed by atoms with Crippen molar-refractivity contribution in [3.63, 3.8) is 0 Å². The number of benzene rings is 2. The third kappa shape index (κ3) is 4.99. The Kier molecular flexibility index (Phi) is 6.59. The Morgan fingerprint density at radius 1 is 1.21 bits per heavy atom. The summed E-state index contributed by atoms with van der Waals surface area (Å²) in [6.45, 7) is 4.97. The van der Waals surface area contributed by atoms with Crippen LogP contribution in [0.15, 0.2) is 47.6 Å². The Bertz CT molecular complexity index is 880. The topological polar surface area (TPSA) is 72.4 Å². The lowest BCUT2D eigenvalue weighted by molar-refractivity contribution is 0.0633.